The number of nitrogens with zero attached hydrogens (tertiary/aromatic N) is 4. The molecule has 8 heteroatoms. The van der Waals surface area contributed by atoms with Gasteiger partial charge in [-0.15, -0.1) is 10.2 Å². The van der Waals surface area contributed by atoms with Crippen molar-refractivity contribution >= 4 is 5.96 Å². The molecule has 152 valence electrons. The van der Waals surface area contributed by atoms with Crippen molar-refractivity contribution in [3.8, 4) is 11.4 Å². The van der Waals surface area contributed by atoms with Crippen LogP contribution in [0.3, 0.4) is 0 Å². The number of aliphatic imine (C=N–C) groups is 1. The number of rotatable bonds is 8. The number of halogens is 1. The summed E-state index contributed by atoms with van der Waals surface area (Å²) in [5.74, 6) is 1.56. The number of guanidine groups is 1. The fourth-order valence-electron chi connectivity index (χ4n) is 2.72. The van der Waals surface area contributed by atoms with Gasteiger partial charge in [0.1, 0.15) is 30.5 Å². The molecule has 3 aromatic rings. The molecule has 2 N–H and O–H groups in total. The van der Waals surface area contributed by atoms with Gasteiger partial charge in [-0.2, -0.15) is 0 Å². The molecule has 0 fully saturated rings. The van der Waals surface area contributed by atoms with Gasteiger partial charge >= 0.3 is 0 Å². The highest BCUT2D eigenvalue weighted by molar-refractivity contribution is 5.79. The summed E-state index contributed by atoms with van der Waals surface area (Å²) in [6, 6.07) is 16.0. The van der Waals surface area contributed by atoms with Crippen molar-refractivity contribution in [1.29, 1.82) is 0 Å². The third kappa shape index (κ3) is 6.03. The van der Waals surface area contributed by atoms with Crippen LogP contribution in [0.5, 0.6) is 5.75 Å². The van der Waals surface area contributed by atoms with Crippen LogP contribution in [0, 0.1) is 5.82 Å². The molecule has 29 heavy (non-hydrogen) atoms. The molecule has 0 saturated heterocycles. The maximum atomic E-state index is 13.3. The van der Waals surface area contributed by atoms with Gasteiger partial charge < -0.3 is 15.4 Å². The number of nitrogens with one attached hydrogen (secondary N) is 2. The first-order valence-electron chi connectivity index (χ1n) is 9.54. The molecule has 1 unspecified atom stereocenters. The molecule has 2 aromatic carbocycles. The van der Waals surface area contributed by atoms with Gasteiger partial charge in [-0.05, 0) is 38.1 Å². The number of hydrogen-bond acceptors (Lipinski definition) is 4. The zero-order chi connectivity index (χ0) is 20.5. The summed E-state index contributed by atoms with van der Waals surface area (Å²) < 4.78 is 20.9. The van der Waals surface area contributed by atoms with E-state index in [1.54, 1.807) is 18.5 Å². The largest absolute Gasteiger partial charge is 0.489 e. The van der Waals surface area contributed by atoms with E-state index in [0.29, 0.717) is 24.8 Å². The normalized spacial score (nSPS) is 12.4. The Labute approximate surface area is 169 Å². The number of ether oxygens (including phenoxy) is 1. The van der Waals surface area contributed by atoms with Gasteiger partial charge in [0, 0.05) is 18.3 Å². The van der Waals surface area contributed by atoms with Gasteiger partial charge in [-0.3, -0.25) is 4.57 Å². The topological polar surface area (TPSA) is 76.4 Å². The standard InChI is InChI=1S/C21H25FN6O/c1-3-23-21(24-13-16(2)29-19-11-7-8-17(22)12-19)25-14-20-27-26-15-28(20)18-9-5-4-6-10-18/h4-12,15-16H,3,13-14H2,1-2H3,(H2,23,24,25). The summed E-state index contributed by atoms with van der Waals surface area (Å²) in [5.41, 5.74) is 0.984. The monoisotopic (exact) mass is 396 g/mol. The second-order valence-electron chi connectivity index (χ2n) is 6.41. The highest BCUT2D eigenvalue weighted by Gasteiger charge is 2.09. The van der Waals surface area contributed by atoms with E-state index in [9.17, 15) is 4.39 Å². The first-order chi connectivity index (χ1) is 14.2. The molecule has 7 nitrogen and oxygen atoms in total. The number of para-hydroxylation sites is 1. The SMILES string of the molecule is CCNC(=NCc1nncn1-c1ccccc1)NCC(C)Oc1cccc(F)c1. The van der Waals surface area contributed by atoms with Crippen molar-refractivity contribution in [3.05, 3.63) is 72.6 Å². The number of benzene rings is 2. The first-order valence-corrected chi connectivity index (χ1v) is 9.54. The lowest BCUT2D eigenvalue weighted by Gasteiger charge is -2.17. The molecule has 0 aliphatic carbocycles. The van der Waals surface area contributed by atoms with Crippen LogP contribution in [0.4, 0.5) is 4.39 Å². The lowest BCUT2D eigenvalue weighted by Crippen LogP contribution is -2.41. The van der Waals surface area contributed by atoms with Crippen LogP contribution in [0.1, 0.15) is 19.7 Å². The summed E-state index contributed by atoms with van der Waals surface area (Å²) >= 11 is 0. The van der Waals surface area contributed by atoms with Gasteiger partial charge in [0.15, 0.2) is 11.8 Å². The lowest BCUT2D eigenvalue weighted by atomic mass is 10.3. The summed E-state index contributed by atoms with van der Waals surface area (Å²) in [5, 5.41) is 14.6. The Morgan fingerprint density at radius 3 is 2.76 bits per heavy atom. The first kappa shape index (κ1) is 20.3. The third-order valence-electron chi connectivity index (χ3n) is 4.07. The van der Waals surface area contributed by atoms with Crippen molar-refractivity contribution < 1.29 is 9.13 Å². The van der Waals surface area contributed by atoms with Gasteiger partial charge in [-0.25, -0.2) is 9.38 Å². The van der Waals surface area contributed by atoms with Gasteiger partial charge in [0.05, 0.1) is 6.54 Å². The van der Waals surface area contributed by atoms with Crippen molar-refractivity contribution in [3.63, 3.8) is 0 Å². The van der Waals surface area contributed by atoms with E-state index in [2.05, 4.69) is 25.8 Å². The van der Waals surface area contributed by atoms with Crippen LogP contribution >= 0.6 is 0 Å². The molecular weight excluding hydrogens is 371 g/mol. The maximum absolute atomic E-state index is 13.3. The predicted molar refractivity (Wildman–Crippen MR) is 111 cm³/mol. The van der Waals surface area contributed by atoms with Crippen LogP contribution in [0.15, 0.2) is 65.9 Å². The molecule has 0 spiro atoms. The Kier molecular flexibility index (Phi) is 7.16. The van der Waals surface area contributed by atoms with Crippen LogP contribution in [0.2, 0.25) is 0 Å². The van der Waals surface area contributed by atoms with E-state index in [-0.39, 0.29) is 11.9 Å². The van der Waals surface area contributed by atoms with Crippen LogP contribution in [-0.2, 0) is 6.54 Å². The predicted octanol–water partition coefficient (Wildman–Crippen LogP) is 2.93. The smallest absolute Gasteiger partial charge is 0.191 e. The van der Waals surface area contributed by atoms with Crippen molar-refractivity contribution in [2.24, 2.45) is 4.99 Å². The molecule has 0 saturated carbocycles. The molecule has 0 aliphatic heterocycles. The van der Waals surface area contributed by atoms with Crippen molar-refractivity contribution in [2.45, 2.75) is 26.5 Å². The Morgan fingerprint density at radius 1 is 1.17 bits per heavy atom. The van der Waals surface area contributed by atoms with E-state index in [4.69, 9.17) is 4.74 Å². The van der Waals surface area contributed by atoms with E-state index < -0.39 is 0 Å². The van der Waals surface area contributed by atoms with Crippen LogP contribution in [0.25, 0.3) is 5.69 Å². The number of hydrogen-bond donors (Lipinski definition) is 2. The zero-order valence-electron chi connectivity index (χ0n) is 16.5. The average molecular weight is 396 g/mol. The minimum Gasteiger partial charge on any atom is -0.489 e. The third-order valence-corrected chi connectivity index (χ3v) is 4.07. The molecule has 3 rings (SSSR count). The van der Waals surface area contributed by atoms with E-state index in [0.717, 1.165) is 18.1 Å². The average Bonchev–Trinajstić information content (AvgIpc) is 3.19. The zero-order valence-corrected chi connectivity index (χ0v) is 16.5. The maximum Gasteiger partial charge on any atom is 0.191 e. The Hall–Kier alpha value is -3.42. The minimum absolute atomic E-state index is 0.173. The fourth-order valence-corrected chi connectivity index (χ4v) is 2.72. The fraction of sp³-hybridized carbons (Fsp3) is 0.286. The Bertz CT molecular complexity index is 928. The van der Waals surface area contributed by atoms with Crippen molar-refractivity contribution in [2.75, 3.05) is 13.1 Å². The van der Waals surface area contributed by atoms with Gasteiger partial charge in [0.2, 0.25) is 0 Å². The van der Waals surface area contributed by atoms with Crippen LogP contribution < -0.4 is 15.4 Å². The quantitative estimate of drug-likeness (QED) is 0.452. The summed E-state index contributed by atoms with van der Waals surface area (Å²) in [6.45, 7) is 5.50. The van der Waals surface area contributed by atoms with Gasteiger partial charge in [-0.1, -0.05) is 24.3 Å². The molecule has 0 bridgehead atoms. The molecule has 0 radical (unpaired) electrons. The lowest BCUT2D eigenvalue weighted by molar-refractivity contribution is 0.223. The van der Waals surface area contributed by atoms with E-state index in [1.807, 2.05) is 48.7 Å². The minimum atomic E-state index is -0.319. The Morgan fingerprint density at radius 2 is 2.00 bits per heavy atom. The van der Waals surface area contributed by atoms with Crippen molar-refractivity contribution in [1.82, 2.24) is 25.4 Å². The second kappa shape index (κ2) is 10.2. The summed E-state index contributed by atoms with van der Waals surface area (Å²) in [6.07, 6.45) is 1.50. The summed E-state index contributed by atoms with van der Waals surface area (Å²) in [7, 11) is 0. The highest BCUT2D eigenvalue weighted by atomic mass is 19.1. The van der Waals surface area contributed by atoms with Gasteiger partial charge in [0.25, 0.3) is 0 Å². The molecule has 1 aromatic heterocycles. The summed E-state index contributed by atoms with van der Waals surface area (Å²) in [4.78, 5) is 4.59. The molecular formula is C21H25FN6O. The molecule has 0 amide bonds. The second-order valence-corrected chi connectivity index (χ2v) is 6.41. The van der Waals surface area contributed by atoms with E-state index in [1.165, 1.54) is 12.1 Å². The highest BCUT2D eigenvalue weighted by Crippen LogP contribution is 2.13. The van der Waals surface area contributed by atoms with E-state index >= 15 is 0 Å². The Balaban J connectivity index is 1.60. The molecule has 1 atom stereocenters. The van der Waals surface area contributed by atoms with Crippen LogP contribution in [-0.4, -0.2) is 39.9 Å². The molecule has 0 aliphatic rings. The molecule has 1 heterocycles. The number of aromatic nitrogens is 3.